The second kappa shape index (κ2) is 5.25. The van der Waals surface area contributed by atoms with Gasteiger partial charge in [0.15, 0.2) is 5.78 Å². The summed E-state index contributed by atoms with van der Waals surface area (Å²) < 4.78 is 9.97. The van der Waals surface area contributed by atoms with Crippen molar-refractivity contribution in [2.24, 2.45) is 0 Å². The molecule has 2 aliphatic rings. The van der Waals surface area contributed by atoms with Crippen molar-refractivity contribution < 1.29 is 13.9 Å². The van der Waals surface area contributed by atoms with Crippen molar-refractivity contribution in [1.29, 1.82) is 0 Å². The van der Waals surface area contributed by atoms with Crippen molar-refractivity contribution in [2.75, 3.05) is 7.11 Å². The molecule has 0 radical (unpaired) electrons. The van der Waals surface area contributed by atoms with Gasteiger partial charge < -0.3 is 9.15 Å². The number of ether oxygens (including phenoxy) is 1. The lowest BCUT2D eigenvalue weighted by Gasteiger charge is -2.10. The molecule has 1 heterocycles. The topological polar surface area (TPSA) is 56.5 Å². The van der Waals surface area contributed by atoms with Crippen LogP contribution in [-0.2, 0) is 0 Å². The molecule has 1 aromatic heterocycles. The number of hydrogen-bond donors (Lipinski definition) is 0. The van der Waals surface area contributed by atoms with Gasteiger partial charge in [0.25, 0.3) is 0 Å². The summed E-state index contributed by atoms with van der Waals surface area (Å²) in [5.74, 6) is 0.884. The summed E-state index contributed by atoms with van der Waals surface area (Å²) in [6.45, 7) is 0. The van der Waals surface area contributed by atoms with Crippen molar-refractivity contribution in [2.45, 2.75) is 0 Å². The first-order valence-corrected chi connectivity index (χ1v) is 6.40. The molecule has 0 N–H and O–H groups in total. The van der Waals surface area contributed by atoms with E-state index in [1.807, 2.05) is 36.4 Å². The van der Waals surface area contributed by atoms with Gasteiger partial charge in [-0.25, -0.2) is 4.79 Å². The Morgan fingerprint density at radius 3 is 2.19 bits per heavy atom. The van der Waals surface area contributed by atoms with Gasteiger partial charge in [-0.15, -0.1) is 0 Å². The zero-order valence-electron chi connectivity index (χ0n) is 11.3. The molecule has 2 bridgehead atoms. The van der Waals surface area contributed by atoms with E-state index >= 15 is 0 Å². The first-order valence-electron chi connectivity index (χ1n) is 6.40. The van der Waals surface area contributed by atoms with Crippen LogP contribution in [0.5, 0.6) is 5.75 Å². The molecule has 4 nitrogen and oxygen atoms in total. The maximum atomic E-state index is 10.9. The maximum Gasteiger partial charge on any atom is 0.336 e. The molecular formula is C17H12O4. The fourth-order valence-electron chi connectivity index (χ4n) is 2.06. The van der Waals surface area contributed by atoms with E-state index < -0.39 is 0 Å². The maximum absolute atomic E-state index is 10.9. The summed E-state index contributed by atoms with van der Waals surface area (Å²) in [5, 5.41) is 0.889. The Hall–Kier alpha value is -2.88. The summed E-state index contributed by atoms with van der Waals surface area (Å²) in [6, 6.07) is 15.9. The van der Waals surface area contributed by atoms with Crippen molar-refractivity contribution in [3.05, 3.63) is 76.1 Å². The smallest absolute Gasteiger partial charge is 0.336 e. The van der Waals surface area contributed by atoms with Gasteiger partial charge in [0.2, 0.25) is 0 Å². The second-order valence-corrected chi connectivity index (χ2v) is 4.57. The highest BCUT2D eigenvalue weighted by Gasteiger charge is 2.17. The molecule has 0 atom stereocenters. The van der Waals surface area contributed by atoms with E-state index in [9.17, 15) is 9.59 Å². The van der Waals surface area contributed by atoms with Crippen LogP contribution in [0, 0.1) is 0 Å². The fraction of sp³-hybridized carbons (Fsp3) is 0.0588. The van der Waals surface area contributed by atoms with E-state index in [0.29, 0.717) is 11.3 Å². The van der Waals surface area contributed by atoms with Crippen LogP contribution in [0.2, 0.25) is 0 Å². The Bertz CT molecular complexity index is 848. The molecule has 104 valence electrons. The molecule has 0 saturated carbocycles. The van der Waals surface area contributed by atoms with Crippen LogP contribution < -0.4 is 10.4 Å². The van der Waals surface area contributed by atoms with Crippen LogP contribution in [0.3, 0.4) is 0 Å². The summed E-state index contributed by atoms with van der Waals surface area (Å²) in [5.41, 5.74) is 1.90. The normalized spacial score (nSPS) is 11.4. The molecule has 0 aliphatic heterocycles. The predicted octanol–water partition coefficient (Wildman–Crippen LogP) is 3.03. The van der Waals surface area contributed by atoms with Gasteiger partial charge in [-0.3, -0.25) is 4.79 Å². The lowest BCUT2D eigenvalue weighted by atomic mass is 9.92. The number of fused-ring (bicyclic) bond motifs is 3. The number of benzene rings is 2. The molecule has 3 aromatic rings. The quantitative estimate of drug-likeness (QED) is 0.503. The molecule has 0 saturated heterocycles. The average Bonchev–Trinajstić information content (AvgIpc) is 2.54. The Labute approximate surface area is 120 Å². The van der Waals surface area contributed by atoms with Gasteiger partial charge >= 0.3 is 5.63 Å². The lowest BCUT2D eigenvalue weighted by Crippen LogP contribution is -2.10. The molecule has 0 spiro atoms. The van der Waals surface area contributed by atoms with Crippen molar-refractivity contribution >= 4 is 16.8 Å². The highest BCUT2D eigenvalue weighted by atomic mass is 16.5. The van der Waals surface area contributed by atoms with E-state index in [-0.39, 0.29) is 11.4 Å². The number of carbonyl (C=O) groups excluding carboxylic acids is 1. The highest BCUT2D eigenvalue weighted by Crippen LogP contribution is 2.19. The number of hydrogen-bond acceptors (Lipinski definition) is 4. The van der Waals surface area contributed by atoms with Crippen LogP contribution in [-0.4, -0.2) is 12.9 Å². The number of carbonyl (C=O) groups is 1. The third kappa shape index (κ3) is 2.56. The Kier molecular flexibility index (Phi) is 3.28. The molecule has 0 fully saturated rings. The third-order valence-corrected chi connectivity index (χ3v) is 3.22. The van der Waals surface area contributed by atoms with Gasteiger partial charge in [-0.1, -0.05) is 18.2 Å². The molecule has 2 aromatic carbocycles. The summed E-state index contributed by atoms with van der Waals surface area (Å²) in [7, 11) is 1.57. The molecule has 2 aliphatic carbocycles. The first kappa shape index (κ1) is 13.1. The minimum Gasteiger partial charge on any atom is -0.497 e. The Morgan fingerprint density at radius 2 is 1.62 bits per heavy atom. The summed E-state index contributed by atoms with van der Waals surface area (Å²) >= 11 is 0. The standard InChI is InChI=1S/C10H8O3.C7H4O/c1-12-8-4-2-7-3-5-10(11)13-9(7)6-8;8-7-5-2-1-3-6(7)4-5/h2-6H,1H3;1-4H. The highest BCUT2D eigenvalue weighted by molar-refractivity contribution is 6.16. The van der Waals surface area contributed by atoms with E-state index in [1.54, 1.807) is 19.2 Å². The largest absolute Gasteiger partial charge is 0.497 e. The minimum atomic E-state index is -0.347. The van der Waals surface area contributed by atoms with Crippen molar-refractivity contribution in [1.82, 2.24) is 0 Å². The monoisotopic (exact) mass is 280 g/mol. The van der Waals surface area contributed by atoms with Crippen LogP contribution in [0.25, 0.3) is 11.0 Å². The molecular weight excluding hydrogens is 268 g/mol. The number of methoxy groups -OCH3 is 1. The van der Waals surface area contributed by atoms with E-state index in [4.69, 9.17) is 9.15 Å². The molecule has 4 heteroatoms. The van der Waals surface area contributed by atoms with Crippen LogP contribution in [0.15, 0.2) is 63.8 Å². The van der Waals surface area contributed by atoms with Crippen LogP contribution in [0.1, 0.15) is 15.9 Å². The zero-order valence-corrected chi connectivity index (χ0v) is 11.3. The second-order valence-electron chi connectivity index (χ2n) is 4.57. The molecule has 21 heavy (non-hydrogen) atoms. The SMILES string of the molecule is COc1ccc2ccc(=O)oc2c1.O=C1c2cccc1c2. The molecule has 0 amide bonds. The van der Waals surface area contributed by atoms with Crippen LogP contribution in [0.4, 0.5) is 0 Å². The number of rotatable bonds is 1. The molecule has 5 rings (SSSR count). The first-order chi connectivity index (χ1) is 10.2. The van der Waals surface area contributed by atoms with Crippen molar-refractivity contribution in [3.63, 3.8) is 0 Å². The van der Waals surface area contributed by atoms with Gasteiger partial charge in [0, 0.05) is 28.6 Å². The van der Waals surface area contributed by atoms with E-state index in [0.717, 1.165) is 16.5 Å². The Morgan fingerprint density at radius 1 is 0.905 bits per heavy atom. The minimum absolute atomic E-state index is 0.201. The third-order valence-electron chi connectivity index (χ3n) is 3.22. The van der Waals surface area contributed by atoms with Crippen molar-refractivity contribution in [3.8, 4) is 5.75 Å². The van der Waals surface area contributed by atoms with E-state index in [2.05, 4.69) is 0 Å². The van der Waals surface area contributed by atoms with Gasteiger partial charge in [-0.2, -0.15) is 0 Å². The molecule has 0 unspecified atom stereocenters. The summed E-state index contributed by atoms with van der Waals surface area (Å²) in [6.07, 6.45) is 0. The number of ketones is 1. The van der Waals surface area contributed by atoms with Gasteiger partial charge in [0.05, 0.1) is 7.11 Å². The van der Waals surface area contributed by atoms with Crippen LogP contribution >= 0.6 is 0 Å². The lowest BCUT2D eigenvalue weighted by molar-refractivity contribution is 0.102. The predicted molar refractivity (Wildman–Crippen MR) is 78.9 cm³/mol. The van der Waals surface area contributed by atoms with Gasteiger partial charge in [0.1, 0.15) is 11.3 Å². The summed E-state index contributed by atoms with van der Waals surface area (Å²) in [4.78, 5) is 21.5. The fourth-order valence-corrected chi connectivity index (χ4v) is 2.06. The zero-order chi connectivity index (χ0) is 14.8. The average molecular weight is 280 g/mol. The van der Waals surface area contributed by atoms with Gasteiger partial charge in [-0.05, 0) is 24.3 Å². The van der Waals surface area contributed by atoms with E-state index in [1.165, 1.54) is 6.07 Å². The Balaban J connectivity index is 0.000000140.